The van der Waals surface area contributed by atoms with Crippen LogP contribution in [0.4, 0.5) is 4.79 Å². The average molecular weight is 421 g/mol. The molecule has 9 heteroatoms. The van der Waals surface area contributed by atoms with Crippen molar-refractivity contribution < 1.29 is 14.3 Å². The molecule has 2 aromatic rings. The van der Waals surface area contributed by atoms with Crippen LogP contribution in [-0.4, -0.2) is 46.5 Å². The number of ether oxygens (including phenoxy) is 1. The molecule has 0 bridgehead atoms. The topological polar surface area (TPSA) is 64.4 Å². The predicted octanol–water partition coefficient (Wildman–Crippen LogP) is 4.81. The van der Waals surface area contributed by atoms with Crippen molar-refractivity contribution in [3.05, 3.63) is 45.9 Å². The number of benzene rings is 1. The predicted molar refractivity (Wildman–Crippen MR) is 104 cm³/mol. The minimum Gasteiger partial charge on any atom is -0.489 e. The maximum atomic E-state index is 12.3. The Morgan fingerprint density at radius 2 is 1.88 bits per heavy atom. The van der Waals surface area contributed by atoms with E-state index in [4.69, 9.17) is 44.3 Å². The Labute approximate surface area is 167 Å². The van der Waals surface area contributed by atoms with Gasteiger partial charge < -0.3 is 14.4 Å². The number of carbonyl (C=O) groups is 2. The molecule has 0 unspecified atom stereocenters. The smallest absolute Gasteiger partial charge is 0.329 e. The molecule has 142 valence electrons. The Bertz CT molecular complexity index is 686. The minimum atomic E-state index is -0.152. The van der Waals surface area contributed by atoms with Crippen LogP contribution in [-0.2, 0) is 4.79 Å². The van der Waals surface area contributed by atoms with Crippen molar-refractivity contribution in [2.45, 2.75) is 20.3 Å². The van der Waals surface area contributed by atoms with Gasteiger partial charge in [-0.3, -0.25) is 4.57 Å². The fraction of sp³-hybridized carbons (Fsp3) is 0.353. The van der Waals surface area contributed by atoms with Gasteiger partial charge in [0.2, 0.25) is 0 Å². The van der Waals surface area contributed by atoms with Gasteiger partial charge in [-0.15, -0.1) is 0 Å². The van der Waals surface area contributed by atoms with E-state index >= 15 is 0 Å². The standard InChI is InChI=1S/C15H16Cl3N3O2.C2H4O/c1-2-4-20(15(22)21-5-3-19-10-21)6-7-23-14-12(17)8-11(16)9-13(14)18;1-2-3/h3,5,8-10H,2,4,6-7H2,1H3;2H,1H3. The number of amides is 1. The second kappa shape index (κ2) is 11.8. The van der Waals surface area contributed by atoms with Gasteiger partial charge in [-0.05, 0) is 25.5 Å². The lowest BCUT2D eigenvalue weighted by Crippen LogP contribution is -2.37. The van der Waals surface area contributed by atoms with Crippen molar-refractivity contribution in [1.82, 2.24) is 14.5 Å². The van der Waals surface area contributed by atoms with E-state index in [9.17, 15) is 4.79 Å². The molecular weight excluding hydrogens is 401 g/mol. The zero-order valence-corrected chi connectivity index (χ0v) is 16.8. The van der Waals surface area contributed by atoms with E-state index in [0.29, 0.717) is 33.9 Å². The third-order valence-corrected chi connectivity index (χ3v) is 3.84. The van der Waals surface area contributed by atoms with E-state index in [1.165, 1.54) is 17.8 Å². The lowest BCUT2D eigenvalue weighted by molar-refractivity contribution is -0.106. The maximum absolute atomic E-state index is 12.3. The minimum absolute atomic E-state index is 0.152. The van der Waals surface area contributed by atoms with Gasteiger partial charge in [0.1, 0.15) is 19.2 Å². The van der Waals surface area contributed by atoms with Crippen LogP contribution in [0, 0.1) is 0 Å². The second-order valence-electron chi connectivity index (χ2n) is 5.02. The third-order valence-electron chi connectivity index (χ3n) is 3.06. The fourth-order valence-corrected chi connectivity index (χ4v) is 2.96. The first-order valence-corrected chi connectivity index (χ1v) is 9.02. The summed E-state index contributed by atoms with van der Waals surface area (Å²) >= 11 is 18.0. The van der Waals surface area contributed by atoms with Gasteiger partial charge >= 0.3 is 6.03 Å². The molecule has 26 heavy (non-hydrogen) atoms. The van der Waals surface area contributed by atoms with Crippen LogP contribution in [0.1, 0.15) is 20.3 Å². The Morgan fingerprint density at radius 3 is 2.38 bits per heavy atom. The molecule has 1 amide bonds. The Balaban J connectivity index is 0.00000105. The normalized spacial score (nSPS) is 9.88. The van der Waals surface area contributed by atoms with Crippen LogP contribution in [0.2, 0.25) is 15.1 Å². The Kier molecular flexibility index (Phi) is 10.1. The number of aldehydes is 1. The largest absolute Gasteiger partial charge is 0.489 e. The van der Waals surface area contributed by atoms with E-state index in [-0.39, 0.29) is 12.6 Å². The van der Waals surface area contributed by atoms with E-state index in [1.807, 2.05) is 6.92 Å². The number of carbonyl (C=O) groups excluding carboxylic acids is 2. The molecule has 0 N–H and O–H groups in total. The molecule has 0 atom stereocenters. The molecule has 0 saturated carbocycles. The van der Waals surface area contributed by atoms with Crippen LogP contribution >= 0.6 is 34.8 Å². The number of hydrogen-bond acceptors (Lipinski definition) is 4. The summed E-state index contributed by atoms with van der Waals surface area (Å²) in [4.78, 5) is 26.7. The highest BCUT2D eigenvalue weighted by Gasteiger charge is 2.15. The molecule has 6 nitrogen and oxygen atoms in total. The lowest BCUT2D eigenvalue weighted by Gasteiger charge is -2.22. The summed E-state index contributed by atoms with van der Waals surface area (Å²) in [5.74, 6) is 0.365. The summed E-state index contributed by atoms with van der Waals surface area (Å²) in [5.41, 5.74) is 0. The van der Waals surface area contributed by atoms with Crippen molar-refractivity contribution in [3.8, 4) is 5.75 Å². The molecule has 1 heterocycles. The van der Waals surface area contributed by atoms with Crippen molar-refractivity contribution in [3.63, 3.8) is 0 Å². The molecule has 2 rings (SSSR count). The highest BCUT2D eigenvalue weighted by atomic mass is 35.5. The molecule has 0 saturated heterocycles. The van der Waals surface area contributed by atoms with Gasteiger partial charge in [-0.2, -0.15) is 0 Å². The van der Waals surface area contributed by atoms with E-state index < -0.39 is 0 Å². The average Bonchev–Trinajstić information content (AvgIpc) is 3.10. The molecule has 0 aliphatic rings. The van der Waals surface area contributed by atoms with Crippen molar-refractivity contribution >= 4 is 47.1 Å². The van der Waals surface area contributed by atoms with Crippen LogP contribution in [0.15, 0.2) is 30.9 Å². The van der Waals surface area contributed by atoms with Crippen molar-refractivity contribution in [2.24, 2.45) is 0 Å². The zero-order valence-electron chi connectivity index (χ0n) is 14.5. The SMILES string of the molecule is CC=O.CCCN(CCOc1c(Cl)cc(Cl)cc1Cl)C(=O)n1ccnc1. The molecule has 0 radical (unpaired) electrons. The number of halogens is 3. The van der Waals surface area contributed by atoms with Gasteiger partial charge in [-0.1, -0.05) is 41.7 Å². The zero-order chi connectivity index (χ0) is 19.5. The molecule has 1 aromatic heterocycles. The van der Waals surface area contributed by atoms with Crippen LogP contribution in [0.25, 0.3) is 0 Å². The highest BCUT2D eigenvalue weighted by molar-refractivity contribution is 6.40. The van der Waals surface area contributed by atoms with E-state index in [2.05, 4.69) is 4.98 Å². The fourth-order valence-electron chi connectivity index (χ4n) is 2.03. The van der Waals surface area contributed by atoms with Gasteiger partial charge in [0.15, 0.2) is 5.75 Å². The first kappa shape index (κ1) is 22.3. The summed E-state index contributed by atoms with van der Waals surface area (Å²) < 4.78 is 7.05. The molecular formula is C17H20Cl3N3O3. The number of imidazole rings is 1. The molecule has 0 spiro atoms. The summed E-state index contributed by atoms with van der Waals surface area (Å²) in [6.07, 6.45) is 6.23. The van der Waals surface area contributed by atoms with Gasteiger partial charge in [0, 0.05) is 24.0 Å². The molecule has 0 fully saturated rings. The summed E-state index contributed by atoms with van der Waals surface area (Å²) in [7, 11) is 0. The van der Waals surface area contributed by atoms with Crippen LogP contribution in [0.5, 0.6) is 5.75 Å². The van der Waals surface area contributed by atoms with E-state index in [0.717, 1.165) is 12.7 Å². The number of rotatable bonds is 6. The second-order valence-corrected chi connectivity index (χ2v) is 6.27. The van der Waals surface area contributed by atoms with Gasteiger partial charge in [-0.25, -0.2) is 9.78 Å². The third kappa shape index (κ3) is 6.86. The number of hydrogen-bond donors (Lipinski definition) is 0. The lowest BCUT2D eigenvalue weighted by atomic mass is 10.3. The quantitative estimate of drug-likeness (QED) is 0.629. The number of aromatic nitrogens is 2. The summed E-state index contributed by atoms with van der Waals surface area (Å²) in [6, 6.07) is 2.97. The monoisotopic (exact) mass is 419 g/mol. The highest BCUT2D eigenvalue weighted by Crippen LogP contribution is 2.35. The molecule has 1 aromatic carbocycles. The van der Waals surface area contributed by atoms with E-state index in [1.54, 1.807) is 29.4 Å². The van der Waals surface area contributed by atoms with Gasteiger partial charge in [0.05, 0.1) is 16.6 Å². The first-order valence-electron chi connectivity index (χ1n) is 7.88. The molecule has 0 aliphatic heterocycles. The van der Waals surface area contributed by atoms with Crippen LogP contribution in [0.3, 0.4) is 0 Å². The number of nitrogens with zero attached hydrogens (tertiary/aromatic N) is 3. The first-order chi connectivity index (χ1) is 12.4. The Morgan fingerprint density at radius 1 is 1.27 bits per heavy atom. The van der Waals surface area contributed by atoms with Crippen molar-refractivity contribution in [2.75, 3.05) is 19.7 Å². The summed E-state index contributed by atoms with van der Waals surface area (Å²) in [5, 5.41) is 1.12. The van der Waals surface area contributed by atoms with Crippen molar-refractivity contribution in [1.29, 1.82) is 0 Å². The molecule has 0 aliphatic carbocycles. The summed E-state index contributed by atoms with van der Waals surface area (Å²) in [6.45, 7) is 4.73. The van der Waals surface area contributed by atoms with Gasteiger partial charge in [0.25, 0.3) is 0 Å². The Hall–Kier alpha value is -1.76. The maximum Gasteiger partial charge on any atom is 0.329 e. The van der Waals surface area contributed by atoms with Crippen LogP contribution < -0.4 is 4.74 Å².